The average Bonchev–Trinajstić information content (AvgIpc) is 3.03. The van der Waals surface area contributed by atoms with Gasteiger partial charge >= 0.3 is 5.97 Å². The number of benzene rings is 3. The molecule has 0 aliphatic heterocycles. The lowest BCUT2D eigenvalue weighted by atomic mass is 10.0. The van der Waals surface area contributed by atoms with Gasteiger partial charge in [0.2, 0.25) is 0 Å². The van der Waals surface area contributed by atoms with Crippen molar-refractivity contribution in [3.63, 3.8) is 0 Å². The van der Waals surface area contributed by atoms with E-state index in [1.54, 1.807) is 36.4 Å². The number of esters is 1. The summed E-state index contributed by atoms with van der Waals surface area (Å²) in [5, 5.41) is 0. The van der Waals surface area contributed by atoms with E-state index in [0.29, 0.717) is 17.7 Å². The summed E-state index contributed by atoms with van der Waals surface area (Å²) in [4.78, 5) is 12.7. The molecule has 44 heavy (non-hydrogen) atoms. The van der Waals surface area contributed by atoms with Gasteiger partial charge in [-0.05, 0) is 72.4 Å². The highest BCUT2D eigenvalue weighted by Gasteiger charge is 2.14. The lowest BCUT2D eigenvalue weighted by Crippen LogP contribution is -2.09. The first-order chi connectivity index (χ1) is 21.5. The van der Waals surface area contributed by atoms with E-state index in [2.05, 4.69) is 13.8 Å². The predicted octanol–water partition coefficient (Wildman–Crippen LogP) is 12.1. The molecule has 0 aliphatic carbocycles. The van der Waals surface area contributed by atoms with Crippen molar-refractivity contribution in [2.45, 2.75) is 123 Å². The van der Waals surface area contributed by atoms with Crippen molar-refractivity contribution in [2.24, 2.45) is 0 Å². The van der Waals surface area contributed by atoms with Gasteiger partial charge in [0.1, 0.15) is 0 Å². The highest BCUT2D eigenvalue weighted by Crippen LogP contribution is 2.27. The van der Waals surface area contributed by atoms with Gasteiger partial charge in [-0.25, -0.2) is 13.6 Å². The quantitative estimate of drug-likeness (QED) is 0.0648. The third-order valence-electron chi connectivity index (χ3n) is 8.16. The maximum atomic E-state index is 14.7. The number of unbranched alkanes of at least 4 members (excludes halogenated alkanes) is 14. The van der Waals surface area contributed by atoms with Crippen LogP contribution in [0.15, 0.2) is 60.7 Å². The summed E-state index contributed by atoms with van der Waals surface area (Å²) in [6.07, 6.45) is 20.3. The molecule has 0 radical (unpaired) electrons. The molecule has 0 saturated carbocycles. The Morgan fingerprint density at radius 3 is 1.68 bits per heavy atom. The summed E-state index contributed by atoms with van der Waals surface area (Å²) < 4.78 is 40.4. The molecule has 5 heteroatoms. The topological polar surface area (TPSA) is 35.5 Å². The van der Waals surface area contributed by atoms with E-state index in [1.165, 1.54) is 95.2 Å². The molecule has 3 rings (SSSR count). The van der Waals surface area contributed by atoms with Crippen molar-refractivity contribution in [2.75, 3.05) is 6.61 Å². The zero-order valence-corrected chi connectivity index (χ0v) is 27.0. The van der Waals surface area contributed by atoms with E-state index in [-0.39, 0.29) is 11.5 Å². The van der Waals surface area contributed by atoms with Crippen LogP contribution in [-0.4, -0.2) is 12.6 Å². The van der Waals surface area contributed by atoms with Gasteiger partial charge < -0.3 is 9.47 Å². The molecule has 0 N–H and O–H groups in total. The molecular weight excluding hydrogens is 554 g/mol. The van der Waals surface area contributed by atoms with Crippen LogP contribution in [0, 0.1) is 11.6 Å². The van der Waals surface area contributed by atoms with Gasteiger partial charge in [-0.2, -0.15) is 0 Å². The fourth-order valence-corrected chi connectivity index (χ4v) is 5.42. The minimum absolute atomic E-state index is 0.0791. The number of rotatable bonds is 22. The summed E-state index contributed by atoms with van der Waals surface area (Å²) >= 11 is 0. The standard InChI is InChI=1S/C39H52F2O3/c1-3-5-7-9-11-12-13-14-15-17-19-31-20-26-38(35(40)29-31)44-39(42)33-23-21-32(22-24-33)34-25-27-37(36(41)30-34)43-28-18-16-10-8-6-4-2/h20-27,29-30H,3-19,28H2,1-2H3. The molecule has 0 saturated heterocycles. The van der Waals surface area contributed by atoms with Crippen molar-refractivity contribution in [3.05, 3.63) is 83.4 Å². The van der Waals surface area contributed by atoms with Crippen LogP contribution in [0.1, 0.15) is 133 Å². The van der Waals surface area contributed by atoms with Gasteiger partial charge in [-0.15, -0.1) is 0 Å². The second-order valence-corrected chi connectivity index (χ2v) is 11.9. The summed E-state index contributed by atoms with van der Waals surface area (Å²) in [5.74, 6) is -1.41. The average molecular weight is 607 g/mol. The molecule has 0 unspecified atom stereocenters. The largest absolute Gasteiger partial charge is 0.491 e. The number of ether oxygens (including phenoxy) is 2. The highest BCUT2D eigenvalue weighted by atomic mass is 19.1. The van der Waals surface area contributed by atoms with Crippen molar-refractivity contribution < 1.29 is 23.0 Å². The molecule has 240 valence electrons. The van der Waals surface area contributed by atoms with Gasteiger partial charge in [-0.1, -0.05) is 128 Å². The Kier molecular flexibility index (Phi) is 16.6. The molecule has 0 amide bonds. The Bertz CT molecular complexity index is 1240. The molecular formula is C39H52F2O3. The first kappa shape index (κ1) is 35.3. The summed E-state index contributed by atoms with van der Waals surface area (Å²) in [6, 6.07) is 16.4. The van der Waals surface area contributed by atoms with E-state index >= 15 is 0 Å². The third kappa shape index (κ3) is 12.8. The zero-order chi connectivity index (χ0) is 31.4. The molecule has 3 aromatic rings. The first-order valence-corrected chi connectivity index (χ1v) is 17.0. The third-order valence-corrected chi connectivity index (χ3v) is 8.16. The van der Waals surface area contributed by atoms with Gasteiger partial charge in [0.05, 0.1) is 12.2 Å². The normalized spacial score (nSPS) is 11.1. The number of halogens is 2. The van der Waals surface area contributed by atoms with Gasteiger partial charge in [0.25, 0.3) is 0 Å². The van der Waals surface area contributed by atoms with Crippen LogP contribution < -0.4 is 9.47 Å². The van der Waals surface area contributed by atoms with Crippen LogP contribution in [0.2, 0.25) is 0 Å². The fourth-order valence-electron chi connectivity index (χ4n) is 5.42. The van der Waals surface area contributed by atoms with Crippen LogP contribution >= 0.6 is 0 Å². The predicted molar refractivity (Wildman–Crippen MR) is 178 cm³/mol. The van der Waals surface area contributed by atoms with Crippen LogP contribution in [-0.2, 0) is 6.42 Å². The molecule has 0 fully saturated rings. The summed E-state index contributed by atoms with van der Waals surface area (Å²) in [7, 11) is 0. The summed E-state index contributed by atoms with van der Waals surface area (Å²) in [6.45, 7) is 4.94. The Morgan fingerprint density at radius 2 is 1.09 bits per heavy atom. The van der Waals surface area contributed by atoms with Gasteiger partial charge in [0, 0.05) is 0 Å². The molecule has 3 nitrogen and oxygen atoms in total. The van der Waals surface area contributed by atoms with Gasteiger partial charge in [0.15, 0.2) is 23.1 Å². The summed E-state index contributed by atoms with van der Waals surface area (Å²) in [5.41, 5.74) is 2.64. The van der Waals surface area contributed by atoms with E-state index in [4.69, 9.17) is 9.47 Å². The Morgan fingerprint density at radius 1 is 0.568 bits per heavy atom. The lowest BCUT2D eigenvalue weighted by Gasteiger charge is -2.10. The second-order valence-electron chi connectivity index (χ2n) is 11.9. The first-order valence-electron chi connectivity index (χ1n) is 17.0. The molecule has 0 atom stereocenters. The number of hydrogen-bond acceptors (Lipinski definition) is 3. The van der Waals surface area contributed by atoms with Crippen LogP contribution in [0.4, 0.5) is 8.78 Å². The minimum atomic E-state index is -0.637. The van der Waals surface area contributed by atoms with Crippen LogP contribution in [0.3, 0.4) is 0 Å². The smallest absolute Gasteiger partial charge is 0.343 e. The van der Waals surface area contributed by atoms with E-state index in [9.17, 15) is 13.6 Å². The van der Waals surface area contributed by atoms with Crippen molar-refractivity contribution in [1.82, 2.24) is 0 Å². The monoisotopic (exact) mass is 606 g/mol. The van der Waals surface area contributed by atoms with Crippen molar-refractivity contribution in [3.8, 4) is 22.6 Å². The Hall–Kier alpha value is -3.21. The van der Waals surface area contributed by atoms with E-state index in [0.717, 1.165) is 43.2 Å². The molecule has 0 aromatic heterocycles. The Balaban J connectivity index is 1.41. The highest BCUT2D eigenvalue weighted by molar-refractivity contribution is 5.91. The molecule has 0 spiro atoms. The fraction of sp³-hybridized carbons (Fsp3) is 0.513. The van der Waals surface area contributed by atoms with Crippen molar-refractivity contribution >= 4 is 5.97 Å². The van der Waals surface area contributed by atoms with E-state index < -0.39 is 17.6 Å². The van der Waals surface area contributed by atoms with Crippen molar-refractivity contribution in [1.29, 1.82) is 0 Å². The lowest BCUT2D eigenvalue weighted by molar-refractivity contribution is 0.0728. The van der Waals surface area contributed by atoms with Gasteiger partial charge in [-0.3, -0.25) is 0 Å². The molecule has 0 heterocycles. The molecule has 0 aliphatic rings. The number of hydrogen-bond donors (Lipinski definition) is 0. The zero-order valence-electron chi connectivity index (χ0n) is 27.0. The number of carbonyl (C=O) groups excluding carboxylic acids is 1. The SMILES string of the molecule is CCCCCCCCCCCCc1ccc(OC(=O)c2ccc(-c3ccc(OCCCCCCCC)c(F)c3)cc2)c(F)c1. The maximum absolute atomic E-state index is 14.7. The van der Waals surface area contributed by atoms with E-state index in [1.807, 2.05) is 6.07 Å². The minimum Gasteiger partial charge on any atom is -0.491 e. The second kappa shape index (κ2) is 20.7. The number of carbonyl (C=O) groups is 1. The number of aryl methyl sites for hydroxylation is 1. The molecule has 0 bridgehead atoms. The Labute approximate surface area is 264 Å². The van der Waals surface area contributed by atoms with Crippen LogP contribution in [0.5, 0.6) is 11.5 Å². The van der Waals surface area contributed by atoms with Crippen LogP contribution in [0.25, 0.3) is 11.1 Å². The maximum Gasteiger partial charge on any atom is 0.343 e. The molecule has 3 aromatic carbocycles.